The van der Waals surface area contributed by atoms with Crippen LogP contribution in [0, 0.1) is 0 Å². The Morgan fingerprint density at radius 2 is 1.95 bits per heavy atom. The molecule has 6 heteroatoms. The molecule has 2 aromatic rings. The molecule has 0 amide bonds. The zero-order chi connectivity index (χ0) is 14.9. The van der Waals surface area contributed by atoms with Crippen molar-refractivity contribution < 1.29 is 23.0 Å². The van der Waals surface area contributed by atoms with Gasteiger partial charge in [-0.1, -0.05) is 6.07 Å². The first-order valence-corrected chi connectivity index (χ1v) is 6.06. The van der Waals surface area contributed by atoms with Crippen LogP contribution in [0.4, 0.5) is 13.6 Å². The molecule has 1 heterocycles. The summed E-state index contributed by atoms with van der Waals surface area (Å²) in [5.41, 5.74) is -0.178. The average Bonchev–Trinajstić information content (AvgIpc) is 2.70. The van der Waals surface area contributed by atoms with Crippen LogP contribution in [0.25, 0.3) is 10.9 Å². The average molecular weight is 283 g/mol. The number of halogens is 2. The predicted octanol–water partition coefficient (Wildman–Crippen LogP) is 4.03. The van der Waals surface area contributed by atoms with E-state index in [4.69, 9.17) is 4.74 Å². The van der Waals surface area contributed by atoms with Crippen molar-refractivity contribution in [1.29, 1.82) is 0 Å². The molecule has 0 atom stereocenters. The number of aromatic nitrogens is 1. The van der Waals surface area contributed by atoms with Crippen LogP contribution >= 0.6 is 0 Å². The summed E-state index contributed by atoms with van der Waals surface area (Å²) in [5, 5.41) is 0.429. The lowest BCUT2D eigenvalue weighted by molar-refractivity contribution is -0.0487. The molecule has 0 radical (unpaired) electrons. The summed E-state index contributed by atoms with van der Waals surface area (Å²) in [7, 11) is 0. The summed E-state index contributed by atoms with van der Waals surface area (Å²) in [4.78, 5) is 12.0. The Labute approximate surface area is 114 Å². The van der Waals surface area contributed by atoms with E-state index in [1.165, 1.54) is 22.9 Å². The van der Waals surface area contributed by atoms with Gasteiger partial charge in [-0.25, -0.2) is 4.79 Å². The monoisotopic (exact) mass is 283 g/mol. The van der Waals surface area contributed by atoms with E-state index >= 15 is 0 Å². The molecule has 0 aliphatic carbocycles. The van der Waals surface area contributed by atoms with Crippen LogP contribution in [-0.4, -0.2) is 22.9 Å². The predicted molar refractivity (Wildman–Crippen MR) is 70.2 cm³/mol. The molecule has 1 aromatic heterocycles. The summed E-state index contributed by atoms with van der Waals surface area (Å²) in [6.07, 6.45) is 0.901. The van der Waals surface area contributed by atoms with E-state index in [0.29, 0.717) is 10.9 Å². The molecule has 0 unspecified atom stereocenters. The molecule has 0 spiro atoms. The van der Waals surface area contributed by atoms with Crippen molar-refractivity contribution >= 4 is 17.0 Å². The van der Waals surface area contributed by atoms with Crippen molar-refractivity contribution in [2.45, 2.75) is 33.0 Å². The van der Waals surface area contributed by atoms with E-state index in [-0.39, 0.29) is 5.75 Å². The third kappa shape index (κ3) is 3.07. The van der Waals surface area contributed by atoms with Gasteiger partial charge >= 0.3 is 12.7 Å². The molecule has 2 rings (SSSR count). The van der Waals surface area contributed by atoms with Gasteiger partial charge in [0.2, 0.25) is 0 Å². The largest absolute Gasteiger partial charge is 0.443 e. The van der Waals surface area contributed by atoms with Crippen LogP contribution in [-0.2, 0) is 4.74 Å². The zero-order valence-electron chi connectivity index (χ0n) is 11.4. The lowest BCUT2D eigenvalue weighted by atomic mass is 10.2. The molecule has 4 nitrogen and oxygen atoms in total. The molecule has 0 aliphatic heterocycles. The Balaban J connectivity index is 2.40. The fourth-order valence-corrected chi connectivity index (χ4v) is 1.81. The van der Waals surface area contributed by atoms with Crippen LogP contribution in [0.2, 0.25) is 0 Å². The summed E-state index contributed by atoms with van der Waals surface area (Å²) in [5.74, 6) is 0.0276. The number of alkyl halides is 2. The molecule has 0 saturated heterocycles. The van der Waals surface area contributed by atoms with Crippen LogP contribution in [0.5, 0.6) is 5.75 Å². The van der Waals surface area contributed by atoms with E-state index in [1.807, 2.05) is 0 Å². The van der Waals surface area contributed by atoms with Gasteiger partial charge < -0.3 is 9.47 Å². The van der Waals surface area contributed by atoms with Crippen LogP contribution in [0.15, 0.2) is 30.5 Å². The van der Waals surface area contributed by atoms with Crippen molar-refractivity contribution in [3.05, 3.63) is 30.5 Å². The van der Waals surface area contributed by atoms with Gasteiger partial charge in [0.1, 0.15) is 11.4 Å². The molecule has 0 bridgehead atoms. The number of benzene rings is 1. The number of carbonyl (C=O) groups is 1. The number of rotatable bonds is 2. The summed E-state index contributed by atoms with van der Waals surface area (Å²) in [6, 6.07) is 6.14. The summed E-state index contributed by atoms with van der Waals surface area (Å²) < 4.78 is 35.6. The van der Waals surface area contributed by atoms with Gasteiger partial charge in [0.05, 0.1) is 5.52 Å². The van der Waals surface area contributed by atoms with Crippen LogP contribution in [0.1, 0.15) is 20.8 Å². The van der Waals surface area contributed by atoms with E-state index in [0.717, 1.165) is 0 Å². The summed E-state index contributed by atoms with van der Waals surface area (Å²) in [6.45, 7) is 2.34. The van der Waals surface area contributed by atoms with Gasteiger partial charge in [0.25, 0.3) is 0 Å². The number of carbonyl (C=O) groups excluding carboxylic acids is 1. The lowest BCUT2D eigenvalue weighted by Gasteiger charge is -2.19. The molecule has 0 aliphatic rings. The van der Waals surface area contributed by atoms with Crippen molar-refractivity contribution in [3.8, 4) is 5.75 Å². The highest BCUT2D eigenvalue weighted by atomic mass is 19.3. The molecule has 108 valence electrons. The second-order valence-electron chi connectivity index (χ2n) is 5.23. The van der Waals surface area contributed by atoms with E-state index in [9.17, 15) is 13.6 Å². The standard InChI is InChI=1S/C14H15F2NO3/c1-14(2,3)20-13(18)17-8-7-9-10(17)5-4-6-11(9)19-12(15)16/h4-8,12H,1-3H3. The fourth-order valence-electron chi connectivity index (χ4n) is 1.81. The number of ether oxygens (including phenoxy) is 2. The van der Waals surface area contributed by atoms with Crippen molar-refractivity contribution in [2.75, 3.05) is 0 Å². The fraction of sp³-hybridized carbons (Fsp3) is 0.357. The molecule has 20 heavy (non-hydrogen) atoms. The molecular formula is C14H15F2NO3. The quantitative estimate of drug-likeness (QED) is 0.835. The van der Waals surface area contributed by atoms with E-state index in [2.05, 4.69) is 4.74 Å². The normalized spacial score (nSPS) is 11.9. The van der Waals surface area contributed by atoms with Crippen molar-refractivity contribution in [2.24, 2.45) is 0 Å². The zero-order valence-corrected chi connectivity index (χ0v) is 11.4. The first kappa shape index (κ1) is 14.3. The Kier molecular flexibility index (Phi) is 3.65. The number of fused-ring (bicyclic) bond motifs is 1. The number of hydrogen-bond donors (Lipinski definition) is 0. The highest BCUT2D eigenvalue weighted by Gasteiger charge is 2.20. The smallest absolute Gasteiger partial charge is 0.418 e. The highest BCUT2D eigenvalue weighted by molar-refractivity contribution is 5.93. The summed E-state index contributed by atoms with van der Waals surface area (Å²) >= 11 is 0. The number of hydrogen-bond acceptors (Lipinski definition) is 3. The van der Waals surface area contributed by atoms with Gasteiger partial charge in [-0.3, -0.25) is 4.57 Å². The van der Waals surface area contributed by atoms with Gasteiger partial charge in [0, 0.05) is 11.6 Å². The first-order chi connectivity index (χ1) is 9.28. The van der Waals surface area contributed by atoms with Gasteiger partial charge in [-0.2, -0.15) is 8.78 Å². The molecular weight excluding hydrogens is 268 g/mol. The SMILES string of the molecule is CC(C)(C)OC(=O)n1ccc2c(OC(F)F)cccc21. The molecule has 0 N–H and O–H groups in total. The Hall–Kier alpha value is -2.11. The van der Waals surface area contributed by atoms with Gasteiger partial charge in [-0.15, -0.1) is 0 Å². The Morgan fingerprint density at radius 3 is 2.55 bits per heavy atom. The lowest BCUT2D eigenvalue weighted by Crippen LogP contribution is -2.26. The maximum absolute atomic E-state index is 12.3. The van der Waals surface area contributed by atoms with Crippen molar-refractivity contribution in [3.63, 3.8) is 0 Å². The second kappa shape index (κ2) is 5.11. The number of nitrogens with zero attached hydrogens (tertiary/aromatic N) is 1. The van der Waals surface area contributed by atoms with E-state index < -0.39 is 18.3 Å². The van der Waals surface area contributed by atoms with Crippen molar-refractivity contribution in [1.82, 2.24) is 4.57 Å². The van der Waals surface area contributed by atoms with Crippen LogP contribution in [0.3, 0.4) is 0 Å². The maximum Gasteiger partial charge on any atom is 0.418 e. The Morgan fingerprint density at radius 1 is 1.25 bits per heavy atom. The highest BCUT2D eigenvalue weighted by Crippen LogP contribution is 2.28. The van der Waals surface area contributed by atoms with E-state index in [1.54, 1.807) is 32.9 Å². The minimum absolute atomic E-state index is 0.0276. The maximum atomic E-state index is 12.3. The Bertz CT molecular complexity index is 629. The minimum Gasteiger partial charge on any atom is -0.443 e. The molecule has 0 fully saturated rings. The van der Waals surface area contributed by atoms with Gasteiger partial charge in [-0.05, 0) is 39.0 Å². The second-order valence-corrected chi connectivity index (χ2v) is 5.23. The minimum atomic E-state index is -2.91. The third-order valence-electron chi connectivity index (χ3n) is 2.50. The molecule has 1 aromatic carbocycles. The first-order valence-electron chi connectivity index (χ1n) is 6.06. The topological polar surface area (TPSA) is 40.5 Å². The third-order valence-corrected chi connectivity index (χ3v) is 2.50. The van der Waals surface area contributed by atoms with Gasteiger partial charge in [0.15, 0.2) is 0 Å². The molecule has 0 saturated carbocycles. The van der Waals surface area contributed by atoms with Crippen LogP contribution < -0.4 is 4.74 Å².